The Labute approximate surface area is 62.4 Å². The molecule has 4 heteroatoms. The molecule has 0 aliphatic rings. The Balaban J connectivity index is 3.83. The summed E-state index contributed by atoms with van der Waals surface area (Å²) in [6.45, 7) is 5.31. The Morgan fingerprint density at radius 2 is 2.40 bits per heavy atom. The molecule has 2 atom stereocenters. The van der Waals surface area contributed by atoms with Gasteiger partial charge in [-0.1, -0.05) is 12.2 Å². The first-order valence-electron chi connectivity index (χ1n) is 2.80. The van der Waals surface area contributed by atoms with Crippen molar-refractivity contribution in [3.8, 4) is 0 Å². The molecule has 2 unspecified atom stereocenters. The van der Waals surface area contributed by atoms with E-state index in [2.05, 4.69) is 6.58 Å². The predicted molar refractivity (Wildman–Crippen MR) is 41.6 cm³/mol. The molecule has 0 bridgehead atoms. The van der Waals surface area contributed by atoms with Crippen LogP contribution in [0.3, 0.4) is 0 Å². The molecule has 0 aromatic carbocycles. The molecule has 0 fully saturated rings. The van der Waals surface area contributed by atoms with Crippen LogP contribution in [0.15, 0.2) is 12.2 Å². The van der Waals surface area contributed by atoms with Crippen LogP contribution in [0.2, 0.25) is 0 Å². The molecule has 0 heterocycles. The van der Waals surface area contributed by atoms with Crippen molar-refractivity contribution in [3.63, 3.8) is 0 Å². The molecule has 0 aromatic heterocycles. The minimum absolute atomic E-state index is 0.0289. The lowest BCUT2D eigenvalue weighted by molar-refractivity contribution is -0.138. The average Bonchev–Trinajstić information content (AvgIpc) is 1.81. The number of carbonyl (C=O) groups is 1. The van der Waals surface area contributed by atoms with Crippen molar-refractivity contribution in [1.29, 1.82) is 0 Å². The lowest BCUT2D eigenvalue weighted by Gasteiger charge is -2.10. The smallest absolute Gasteiger partial charge is 0.306 e. The summed E-state index contributed by atoms with van der Waals surface area (Å²) in [4.78, 5) is 10.1. The summed E-state index contributed by atoms with van der Waals surface area (Å²) in [5.74, 6) is -0.879. The summed E-state index contributed by atoms with van der Waals surface area (Å²) in [5.41, 5.74) is 0.720. The molecule has 0 aromatic rings. The van der Waals surface area contributed by atoms with Crippen molar-refractivity contribution in [1.82, 2.24) is 0 Å². The van der Waals surface area contributed by atoms with E-state index in [4.69, 9.17) is 9.63 Å². The Morgan fingerprint density at radius 1 is 1.90 bits per heavy atom. The van der Waals surface area contributed by atoms with Gasteiger partial charge in [-0.2, -0.15) is 0 Å². The molecule has 0 saturated heterocycles. The van der Waals surface area contributed by atoms with Crippen LogP contribution in [0.1, 0.15) is 13.3 Å². The Hall–Kier alpha value is -0.400. The quantitative estimate of drug-likeness (QED) is 0.499. The van der Waals surface area contributed by atoms with Crippen molar-refractivity contribution < 1.29 is 14.4 Å². The third kappa shape index (κ3) is 3.59. The van der Waals surface area contributed by atoms with Gasteiger partial charge in [0.05, 0.1) is 12.5 Å². The van der Waals surface area contributed by atoms with Gasteiger partial charge in [0.2, 0.25) is 0 Å². The summed E-state index contributed by atoms with van der Waals surface area (Å²) in [6, 6.07) is 0. The van der Waals surface area contributed by atoms with Gasteiger partial charge in [0.1, 0.15) is 0 Å². The van der Waals surface area contributed by atoms with Crippen molar-refractivity contribution >= 4 is 15.4 Å². The van der Waals surface area contributed by atoms with Gasteiger partial charge in [-0.15, -0.1) is 0 Å². The molecule has 1 N–H and O–H groups in total. The van der Waals surface area contributed by atoms with Crippen LogP contribution in [-0.4, -0.2) is 17.2 Å². The zero-order valence-electron chi connectivity index (χ0n) is 5.83. The second kappa shape index (κ2) is 4.42. The molecule has 0 amide bonds. The van der Waals surface area contributed by atoms with Gasteiger partial charge in [-0.25, -0.2) is 0 Å². The third-order valence-electron chi connectivity index (χ3n) is 1.07. The molecule has 10 heavy (non-hydrogen) atoms. The molecule has 3 nitrogen and oxygen atoms in total. The molecule has 0 aliphatic heterocycles. The van der Waals surface area contributed by atoms with E-state index < -0.39 is 5.97 Å². The molecule has 0 aliphatic carbocycles. The van der Waals surface area contributed by atoms with Crippen LogP contribution in [0.4, 0.5) is 0 Å². The Bertz CT molecular complexity index is 144. The van der Waals surface area contributed by atoms with Gasteiger partial charge in [0.25, 0.3) is 0 Å². The van der Waals surface area contributed by atoms with E-state index in [-0.39, 0.29) is 12.5 Å². The minimum atomic E-state index is -0.879. The summed E-state index contributed by atoms with van der Waals surface area (Å²) >= 11 is 0. The second-order valence-electron chi connectivity index (χ2n) is 2.07. The molecule has 0 spiro atoms. The highest BCUT2D eigenvalue weighted by Gasteiger charge is 2.11. The highest BCUT2D eigenvalue weighted by Crippen LogP contribution is 2.11. The van der Waals surface area contributed by atoms with Gasteiger partial charge < -0.3 is 9.63 Å². The zero-order valence-corrected chi connectivity index (χ0v) is 6.99. The van der Waals surface area contributed by atoms with Crippen LogP contribution in [0.25, 0.3) is 0 Å². The average molecular weight is 162 g/mol. The van der Waals surface area contributed by atoms with Crippen LogP contribution in [0.5, 0.6) is 0 Å². The van der Waals surface area contributed by atoms with Crippen LogP contribution < -0.4 is 0 Å². The summed E-state index contributed by atoms with van der Waals surface area (Å²) < 4.78 is 4.76. The minimum Gasteiger partial charge on any atom is -0.481 e. The lowest BCUT2D eigenvalue weighted by atomic mass is 10.1. The van der Waals surface area contributed by atoms with E-state index in [1.807, 2.05) is 9.47 Å². The van der Waals surface area contributed by atoms with Crippen molar-refractivity contribution in [2.75, 3.05) is 0 Å². The highest BCUT2D eigenvalue weighted by atomic mass is 31.0. The van der Waals surface area contributed by atoms with E-state index in [0.29, 0.717) is 0 Å². The molecular formula is C6H11O3P. The lowest BCUT2D eigenvalue weighted by Crippen LogP contribution is -2.14. The zero-order chi connectivity index (χ0) is 8.15. The number of carboxylic acid groups (broad SMARTS) is 1. The first-order valence-corrected chi connectivity index (χ1v) is 3.27. The van der Waals surface area contributed by atoms with E-state index in [9.17, 15) is 4.79 Å². The topological polar surface area (TPSA) is 46.5 Å². The van der Waals surface area contributed by atoms with E-state index in [0.717, 1.165) is 5.57 Å². The summed E-state index contributed by atoms with van der Waals surface area (Å²) in [6.07, 6.45) is -0.416. The number of aliphatic carboxylic acids is 1. The van der Waals surface area contributed by atoms with Gasteiger partial charge in [0.15, 0.2) is 0 Å². The Morgan fingerprint density at radius 3 is 2.50 bits per heavy atom. The second-order valence-corrected chi connectivity index (χ2v) is 2.34. The SMILES string of the molecule is C=C(C)C(CC(=O)O)OP. The maximum absolute atomic E-state index is 10.1. The van der Waals surface area contributed by atoms with E-state index >= 15 is 0 Å². The molecule has 0 radical (unpaired) electrons. The normalized spacial score (nSPS) is 12.6. The van der Waals surface area contributed by atoms with Gasteiger partial charge in [-0.05, 0) is 6.92 Å². The van der Waals surface area contributed by atoms with Crippen LogP contribution in [0, 0.1) is 0 Å². The summed E-state index contributed by atoms with van der Waals surface area (Å²) in [7, 11) is 2.03. The third-order valence-corrected chi connectivity index (χ3v) is 1.40. The van der Waals surface area contributed by atoms with Gasteiger partial charge >= 0.3 is 5.97 Å². The van der Waals surface area contributed by atoms with Crippen molar-refractivity contribution in [2.45, 2.75) is 19.4 Å². The molecule has 58 valence electrons. The number of rotatable bonds is 4. The summed E-state index contributed by atoms with van der Waals surface area (Å²) in [5, 5.41) is 8.33. The molecular weight excluding hydrogens is 151 g/mol. The monoisotopic (exact) mass is 162 g/mol. The van der Waals surface area contributed by atoms with Crippen LogP contribution >= 0.6 is 9.47 Å². The Kier molecular flexibility index (Phi) is 4.24. The first-order chi connectivity index (χ1) is 4.57. The largest absolute Gasteiger partial charge is 0.481 e. The maximum atomic E-state index is 10.1. The first kappa shape index (κ1) is 9.60. The fourth-order valence-corrected chi connectivity index (χ4v) is 0.826. The number of carboxylic acids is 1. The number of hydrogen-bond donors (Lipinski definition) is 1. The predicted octanol–water partition coefficient (Wildman–Crippen LogP) is 1.21. The van der Waals surface area contributed by atoms with Gasteiger partial charge in [-0.3, -0.25) is 4.79 Å². The van der Waals surface area contributed by atoms with Crippen molar-refractivity contribution in [3.05, 3.63) is 12.2 Å². The van der Waals surface area contributed by atoms with Crippen molar-refractivity contribution in [2.24, 2.45) is 0 Å². The van der Waals surface area contributed by atoms with E-state index in [1.165, 1.54) is 0 Å². The molecule has 0 saturated carbocycles. The van der Waals surface area contributed by atoms with Gasteiger partial charge in [0, 0.05) is 9.47 Å². The maximum Gasteiger partial charge on any atom is 0.306 e. The fourth-order valence-electron chi connectivity index (χ4n) is 0.497. The standard InChI is InChI=1S/C6H11O3P/c1-4(2)5(9-10)3-6(7)8/h5H,1,3,10H2,2H3,(H,7,8). The fraction of sp³-hybridized carbons (Fsp3) is 0.500. The number of hydrogen-bond acceptors (Lipinski definition) is 2. The van der Waals surface area contributed by atoms with E-state index in [1.54, 1.807) is 6.92 Å². The molecule has 0 rings (SSSR count). The highest BCUT2D eigenvalue weighted by molar-refractivity contribution is 7.09. The van der Waals surface area contributed by atoms with Crippen LogP contribution in [-0.2, 0) is 9.32 Å².